The molecule has 1 heterocycles. The van der Waals surface area contributed by atoms with Crippen LogP contribution in [0.1, 0.15) is 6.92 Å². The zero-order chi connectivity index (χ0) is 17.7. The SMILES string of the molecule is CCOC(=O)COc1ncccc1Oc1c(Cl)cc(F)c(N)c1Cl. The van der Waals surface area contributed by atoms with Crippen LogP contribution in [0.2, 0.25) is 10.0 Å². The summed E-state index contributed by atoms with van der Waals surface area (Å²) in [5.74, 6) is -1.23. The Labute approximate surface area is 147 Å². The third kappa shape index (κ3) is 4.18. The molecule has 9 heteroatoms. The lowest BCUT2D eigenvalue weighted by Crippen LogP contribution is -2.15. The van der Waals surface area contributed by atoms with Crippen molar-refractivity contribution in [3.05, 3.63) is 40.3 Å². The van der Waals surface area contributed by atoms with E-state index in [1.165, 1.54) is 12.3 Å². The first-order valence-corrected chi connectivity index (χ1v) is 7.53. The van der Waals surface area contributed by atoms with E-state index < -0.39 is 11.8 Å². The summed E-state index contributed by atoms with van der Waals surface area (Å²) in [5.41, 5.74) is 5.22. The summed E-state index contributed by atoms with van der Waals surface area (Å²) >= 11 is 11.9. The van der Waals surface area contributed by atoms with Gasteiger partial charge in [0, 0.05) is 6.20 Å². The summed E-state index contributed by atoms with van der Waals surface area (Å²) in [6, 6.07) is 4.06. The Balaban J connectivity index is 2.25. The second-order valence-corrected chi connectivity index (χ2v) is 5.18. The van der Waals surface area contributed by atoms with Gasteiger partial charge in [0.25, 0.3) is 5.88 Å². The lowest BCUT2D eigenvalue weighted by molar-refractivity contribution is -0.145. The van der Waals surface area contributed by atoms with Crippen LogP contribution in [-0.4, -0.2) is 24.2 Å². The molecule has 0 amide bonds. The maximum Gasteiger partial charge on any atom is 0.344 e. The highest BCUT2D eigenvalue weighted by molar-refractivity contribution is 6.38. The normalized spacial score (nSPS) is 10.3. The molecule has 1 aromatic heterocycles. The Morgan fingerprint density at radius 2 is 2.17 bits per heavy atom. The predicted octanol–water partition coefficient (Wildman–Crippen LogP) is 3.84. The molecule has 0 spiro atoms. The van der Waals surface area contributed by atoms with E-state index in [-0.39, 0.29) is 46.3 Å². The number of aromatic nitrogens is 1. The minimum atomic E-state index is -0.762. The molecule has 0 atom stereocenters. The molecule has 128 valence electrons. The number of pyridine rings is 1. The minimum absolute atomic E-state index is 0.0144. The van der Waals surface area contributed by atoms with E-state index in [1.807, 2.05) is 0 Å². The van der Waals surface area contributed by atoms with Crippen molar-refractivity contribution in [1.29, 1.82) is 0 Å². The Kier molecular flexibility index (Phi) is 6.05. The van der Waals surface area contributed by atoms with Crippen molar-refractivity contribution in [1.82, 2.24) is 4.98 Å². The van der Waals surface area contributed by atoms with Crippen LogP contribution >= 0.6 is 23.2 Å². The van der Waals surface area contributed by atoms with Crippen molar-refractivity contribution in [2.45, 2.75) is 6.92 Å². The molecule has 0 aliphatic heterocycles. The average Bonchev–Trinajstić information content (AvgIpc) is 2.56. The second kappa shape index (κ2) is 8.03. The van der Waals surface area contributed by atoms with Gasteiger partial charge in [0.2, 0.25) is 0 Å². The molecule has 2 N–H and O–H groups in total. The molecule has 0 aliphatic carbocycles. The van der Waals surface area contributed by atoms with E-state index in [2.05, 4.69) is 4.98 Å². The van der Waals surface area contributed by atoms with Crippen molar-refractivity contribution in [3.63, 3.8) is 0 Å². The number of rotatable bonds is 6. The van der Waals surface area contributed by atoms with Gasteiger partial charge in [-0.3, -0.25) is 0 Å². The zero-order valence-electron chi connectivity index (χ0n) is 12.5. The van der Waals surface area contributed by atoms with Gasteiger partial charge in [-0.2, -0.15) is 0 Å². The number of nitrogens with two attached hydrogens (primary N) is 1. The number of benzene rings is 1. The van der Waals surface area contributed by atoms with Gasteiger partial charge in [-0.1, -0.05) is 23.2 Å². The smallest absolute Gasteiger partial charge is 0.344 e. The molecule has 24 heavy (non-hydrogen) atoms. The van der Waals surface area contributed by atoms with Gasteiger partial charge < -0.3 is 19.9 Å². The van der Waals surface area contributed by atoms with E-state index >= 15 is 0 Å². The number of nitrogen functional groups attached to an aromatic ring is 1. The molecule has 0 saturated carbocycles. The number of hydrogen-bond acceptors (Lipinski definition) is 6. The van der Waals surface area contributed by atoms with E-state index in [1.54, 1.807) is 13.0 Å². The molecule has 2 rings (SSSR count). The highest BCUT2D eigenvalue weighted by Crippen LogP contribution is 2.42. The van der Waals surface area contributed by atoms with Gasteiger partial charge >= 0.3 is 5.97 Å². The number of esters is 1. The Hall–Kier alpha value is -2.25. The molecular weight excluding hydrogens is 362 g/mol. The quantitative estimate of drug-likeness (QED) is 0.610. The van der Waals surface area contributed by atoms with Gasteiger partial charge in [-0.25, -0.2) is 14.2 Å². The molecule has 0 aliphatic rings. The van der Waals surface area contributed by atoms with Gasteiger partial charge in [-0.05, 0) is 25.1 Å². The molecule has 0 radical (unpaired) electrons. The van der Waals surface area contributed by atoms with Crippen LogP contribution in [0.5, 0.6) is 17.4 Å². The van der Waals surface area contributed by atoms with Crippen molar-refractivity contribution < 1.29 is 23.4 Å². The summed E-state index contributed by atoms with van der Waals surface area (Å²) in [7, 11) is 0. The number of halogens is 3. The van der Waals surface area contributed by atoms with Crippen LogP contribution in [-0.2, 0) is 9.53 Å². The predicted molar refractivity (Wildman–Crippen MR) is 87.3 cm³/mol. The van der Waals surface area contributed by atoms with Gasteiger partial charge in [-0.15, -0.1) is 0 Å². The Bertz CT molecular complexity index is 758. The second-order valence-electron chi connectivity index (χ2n) is 4.40. The first-order chi connectivity index (χ1) is 11.4. The van der Waals surface area contributed by atoms with Gasteiger partial charge in [0.1, 0.15) is 10.8 Å². The molecule has 2 aromatic rings. The van der Waals surface area contributed by atoms with Crippen LogP contribution < -0.4 is 15.2 Å². The molecule has 0 fully saturated rings. The van der Waals surface area contributed by atoms with E-state index in [0.717, 1.165) is 6.07 Å². The number of hydrogen-bond donors (Lipinski definition) is 1. The summed E-state index contributed by atoms with van der Waals surface area (Å²) in [4.78, 5) is 15.3. The summed E-state index contributed by atoms with van der Waals surface area (Å²) in [6.45, 7) is 1.55. The number of carbonyl (C=O) groups excluding carboxylic acids is 1. The molecule has 0 unspecified atom stereocenters. The molecular formula is C15H13Cl2FN2O4. The largest absolute Gasteiger partial charge is 0.463 e. The van der Waals surface area contributed by atoms with Crippen molar-refractivity contribution in [2.75, 3.05) is 18.9 Å². The molecule has 0 saturated heterocycles. The third-order valence-corrected chi connectivity index (χ3v) is 3.40. The Morgan fingerprint density at radius 3 is 2.88 bits per heavy atom. The lowest BCUT2D eigenvalue weighted by atomic mass is 10.3. The monoisotopic (exact) mass is 374 g/mol. The maximum absolute atomic E-state index is 13.5. The zero-order valence-corrected chi connectivity index (χ0v) is 14.0. The Morgan fingerprint density at radius 1 is 1.42 bits per heavy atom. The lowest BCUT2D eigenvalue weighted by Gasteiger charge is -2.14. The number of carbonyl (C=O) groups is 1. The number of nitrogens with zero attached hydrogens (tertiary/aromatic N) is 1. The van der Waals surface area contributed by atoms with Crippen LogP contribution in [0, 0.1) is 5.82 Å². The summed E-state index contributed by atoms with van der Waals surface area (Å²) in [5, 5.41) is -0.257. The fourth-order valence-electron chi connectivity index (χ4n) is 1.68. The highest BCUT2D eigenvalue weighted by atomic mass is 35.5. The van der Waals surface area contributed by atoms with Crippen LogP contribution in [0.4, 0.5) is 10.1 Å². The van der Waals surface area contributed by atoms with E-state index in [4.69, 9.17) is 43.1 Å². The fourth-order valence-corrected chi connectivity index (χ4v) is 2.19. The fraction of sp³-hybridized carbons (Fsp3) is 0.200. The standard InChI is InChI=1S/C15H13Cl2FN2O4/c1-2-22-11(21)7-23-15-10(4-3-5-20-15)24-14-8(16)6-9(18)13(19)12(14)17/h3-6H,2,7,19H2,1H3. The van der Waals surface area contributed by atoms with Crippen molar-refractivity contribution in [2.24, 2.45) is 0 Å². The van der Waals surface area contributed by atoms with Gasteiger partial charge in [0.05, 0.1) is 17.3 Å². The highest BCUT2D eigenvalue weighted by Gasteiger charge is 2.18. The van der Waals surface area contributed by atoms with Crippen molar-refractivity contribution in [3.8, 4) is 17.4 Å². The van der Waals surface area contributed by atoms with Gasteiger partial charge in [0.15, 0.2) is 18.1 Å². The molecule has 0 bridgehead atoms. The first-order valence-electron chi connectivity index (χ1n) is 6.78. The maximum atomic E-state index is 13.5. The van der Waals surface area contributed by atoms with Crippen LogP contribution in [0.3, 0.4) is 0 Å². The number of ether oxygens (including phenoxy) is 3. The molecule has 6 nitrogen and oxygen atoms in total. The summed E-state index contributed by atoms with van der Waals surface area (Å²) < 4.78 is 29.0. The van der Waals surface area contributed by atoms with Crippen LogP contribution in [0.25, 0.3) is 0 Å². The minimum Gasteiger partial charge on any atom is -0.463 e. The summed E-state index contributed by atoms with van der Waals surface area (Å²) in [6.07, 6.45) is 1.44. The van der Waals surface area contributed by atoms with Crippen LogP contribution in [0.15, 0.2) is 24.4 Å². The van der Waals surface area contributed by atoms with E-state index in [9.17, 15) is 9.18 Å². The topological polar surface area (TPSA) is 83.7 Å². The first kappa shape index (κ1) is 18.1. The molecule has 1 aromatic carbocycles. The third-order valence-electron chi connectivity index (χ3n) is 2.74. The van der Waals surface area contributed by atoms with Crippen molar-refractivity contribution >= 4 is 34.9 Å². The average molecular weight is 375 g/mol. The number of anilines is 1. The van der Waals surface area contributed by atoms with E-state index in [0.29, 0.717) is 0 Å².